The molecule has 1 unspecified atom stereocenters. The van der Waals surface area contributed by atoms with Crippen molar-refractivity contribution in [3.05, 3.63) is 64.1 Å². The molecule has 0 fully saturated rings. The molecule has 1 rings (SSSR count). The molecular formula is C20H28N2S. The van der Waals surface area contributed by atoms with Crippen LogP contribution in [-0.4, -0.2) is 5.71 Å². The summed E-state index contributed by atoms with van der Waals surface area (Å²) in [6.07, 6.45) is 0.943. The Morgan fingerprint density at radius 3 is 2.09 bits per heavy atom. The maximum Gasteiger partial charge on any atom is 0.0750 e. The number of aliphatic imine (C=N–C) groups is 1. The third-order valence-corrected chi connectivity index (χ3v) is 4.66. The summed E-state index contributed by atoms with van der Waals surface area (Å²) < 4.78 is 0. The molecule has 0 aliphatic heterocycles. The van der Waals surface area contributed by atoms with Crippen molar-refractivity contribution in [2.75, 3.05) is 0 Å². The van der Waals surface area contributed by atoms with Crippen LogP contribution in [0.4, 0.5) is 0 Å². The fourth-order valence-corrected chi connectivity index (χ4v) is 3.01. The Kier molecular flexibility index (Phi) is 7.37. The fourth-order valence-electron chi connectivity index (χ4n) is 2.30. The number of allylic oxidation sites excluding steroid dienone is 4. The number of rotatable bonds is 7. The summed E-state index contributed by atoms with van der Waals surface area (Å²) in [5, 5.41) is 0. The first-order chi connectivity index (χ1) is 10.8. The maximum atomic E-state index is 6.02. The molecule has 0 aromatic heterocycles. The predicted molar refractivity (Wildman–Crippen MR) is 107 cm³/mol. The molecule has 0 saturated carbocycles. The normalized spacial score (nSPS) is 14.2. The zero-order chi connectivity index (χ0) is 17.6. The summed E-state index contributed by atoms with van der Waals surface area (Å²) in [6.45, 7) is 18.0. The van der Waals surface area contributed by atoms with Gasteiger partial charge in [0.15, 0.2) is 0 Å². The Morgan fingerprint density at radius 2 is 1.70 bits per heavy atom. The Morgan fingerprint density at radius 1 is 1.13 bits per heavy atom. The van der Waals surface area contributed by atoms with Crippen LogP contribution in [0.15, 0.2) is 57.9 Å². The van der Waals surface area contributed by atoms with Crippen molar-refractivity contribution >= 4 is 23.0 Å². The van der Waals surface area contributed by atoms with Gasteiger partial charge in [-0.3, -0.25) is 4.99 Å². The van der Waals surface area contributed by atoms with Gasteiger partial charge in [-0.1, -0.05) is 61.7 Å². The van der Waals surface area contributed by atoms with E-state index in [9.17, 15) is 0 Å². The lowest BCUT2D eigenvalue weighted by Gasteiger charge is -2.15. The summed E-state index contributed by atoms with van der Waals surface area (Å²) >= 11 is 1.59. The van der Waals surface area contributed by atoms with Crippen LogP contribution in [-0.2, 0) is 0 Å². The van der Waals surface area contributed by atoms with E-state index in [1.54, 1.807) is 11.8 Å². The summed E-state index contributed by atoms with van der Waals surface area (Å²) in [5.74, 6) is 0. The second-order valence-corrected chi connectivity index (χ2v) is 7.17. The van der Waals surface area contributed by atoms with Crippen molar-refractivity contribution in [1.82, 2.24) is 0 Å². The number of thioether (sulfide) groups is 1. The van der Waals surface area contributed by atoms with Gasteiger partial charge in [-0.2, -0.15) is 0 Å². The largest absolute Gasteiger partial charge is 0.401 e. The monoisotopic (exact) mass is 328 g/mol. The van der Waals surface area contributed by atoms with Crippen LogP contribution < -0.4 is 5.73 Å². The molecule has 0 spiro atoms. The van der Waals surface area contributed by atoms with Crippen LogP contribution >= 0.6 is 11.8 Å². The highest BCUT2D eigenvalue weighted by molar-refractivity contribution is 8.07. The first-order valence-electron chi connectivity index (χ1n) is 7.86. The number of hydrogen-bond acceptors (Lipinski definition) is 3. The van der Waals surface area contributed by atoms with Gasteiger partial charge in [-0.25, -0.2) is 0 Å². The summed E-state index contributed by atoms with van der Waals surface area (Å²) in [6, 6.07) is 8.63. The number of benzene rings is 1. The van der Waals surface area contributed by atoms with E-state index >= 15 is 0 Å². The van der Waals surface area contributed by atoms with Gasteiger partial charge in [0.25, 0.3) is 0 Å². The Bertz CT molecular complexity index is 632. The molecule has 23 heavy (non-hydrogen) atoms. The average molecular weight is 329 g/mol. The molecule has 0 bridgehead atoms. The Balaban J connectivity index is 3.11. The molecule has 3 heteroatoms. The Labute approximate surface area is 145 Å². The first kappa shape index (κ1) is 19.3. The van der Waals surface area contributed by atoms with E-state index in [0.29, 0.717) is 0 Å². The molecule has 0 radical (unpaired) electrons. The molecule has 124 valence electrons. The number of nitrogens with two attached hydrogens (primary N) is 1. The van der Waals surface area contributed by atoms with Gasteiger partial charge in [0, 0.05) is 11.4 Å². The van der Waals surface area contributed by atoms with E-state index in [2.05, 4.69) is 44.3 Å². The molecular weight excluding hydrogens is 300 g/mol. The van der Waals surface area contributed by atoms with Crippen LogP contribution in [0.3, 0.4) is 0 Å². The van der Waals surface area contributed by atoms with E-state index in [1.807, 2.05) is 27.7 Å². The maximum absolute atomic E-state index is 6.02. The lowest BCUT2D eigenvalue weighted by molar-refractivity contribution is 0.701. The van der Waals surface area contributed by atoms with Gasteiger partial charge in [0.1, 0.15) is 0 Å². The van der Waals surface area contributed by atoms with Gasteiger partial charge in [-0.15, -0.1) is 0 Å². The van der Waals surface area contributed by atoms with E-state index < -0.39 is 0 Å². The minimum absolute atomic E-state index is 0.134. The van der Waals surface area contributed by atoms with Crippen LogP contribution in [0.25, 0.3) is 5.57 Å². The first-order valence-corrected chi connectivity index (χ1v) is 8.68. The molecule has 0 aliphatic carbocycles. The van der Waals surface area contributed by atoms with Crippen LogP contribution in [0.2, 0.25) is 0 Å². The van der Waals surface area contributed by atoms with Crippen molar-refractivity contribution in [2.45, 2.75) is 47.1 Å². The van der Waals surface area contributed by atoms with Gasteiger partial charge in [-0.05, 0) is 50.1 Å². The highest BCUT2D eigenvalue weighted by Crippen LogP contribution is 2.29. The highest BCUT2D eigenvalue weighted by Gasteiger charge is 2.12. The van der Waals surface area contributed by atoms with E-state index in [-0.39, 0.29) is 6.04 Å². The van der Waals surface area contributed by atoms with Crippen molar-refractivity contribution < 1.29 is 0 Å². The minimum Gasteiger partial charge on any atom is -0.401 e. The standard InChI is InChI=1S/C20H28N2S/c1-8-19(18-11-9-17(10-12-18)13(2)3)22-16(7)20(15(6)21)23-14(4)5/h9-12,19H,2,4,8,21H2,1,3,5-7H3/b20-15+,22-16?. The molecule has 1 aromatic carbocycles. The number of hydrogen-bond donors (Lipinski definition) is 1. The summed E-state index contributed by atoms with van der Waals surface area (Å²) in [7, 11) is 0. The molecule has 0 heterocycles. The average Bonchev–Trinajstić information content (AvgIpc) is 2.49. The van der Waals surface area contributed by atoms with Crippen LogP contribution in [0.1, 0.15) is 58.2 Å². The van der Waals surface area contributed by atoms with E-state index in [4.69, 9.17) is 10.7 Å². The smallest absolute Gasteiger partial charge is 0.0750 e. The molecule has 0 aliphatic rings. The van der Waals surface area contributed by atoms with Crippen molar-refractivity contribution in [1.29, 1.82) is 0 Å². The molecule has 1 atom stereocenters. The van der Waals surface area contributed by atoms with E-state index in [1.165, 1.54) is 11.1 Å². The number of nitrogens with zero attached hydrogens (tertiary/aromatic N) is 1. The second kappa shape index (κ2) is 8.78. The predicted octanol–water partition coefficient (Wildman–Crippen LogP) is 6.09. The summed E-state index contributed by atoms with van der Waals surface area (Å²) in [5.41, 5.74) is 11.2. The van der Waals surface area contributed by atoms with Gasteiger partial charge < -0.3 is 5.73 Å². The van der Waals surface area contributed by atoms with Crippen molar-refractivity contribution in [3.63, 3.8) is 0 Å². The van der Waals surface area contributed by atoms with Crippen LogP contribution in [0.5, 0.6) is 0 Å². The summed E-state index contributed by atoms with van der Waals surface area (Å²) in [4.78, 5) is 6.93. The third kappa shape index (κ3) is 5.76. The molecule has 2 nitrogen and oxygen atoms in total. The molecule has 2 N–H and O–H groups in total. The lowest BCUT2D eigenvalue weighted by atomic mass is 10.0. The second-order valence-electron chi connectivity index (χ2n) is 5.86. The van der Waals surface area contributed by atoms with Gasteiger partial charge >= 0.3 is 0 Å². The van der Waals surface area contributed by atoms with Crippen LogP contribution in [0, 0.1) is 0 Å². The molecule has 0 saturated heterocycles. The lowest BCUT2D eigenvalue weighted by Crippen LogP contribution is -2.06. The van der Waals surface area contributed by atoms with Crippen molar-refractivity contribution in [2.24, 2.45) is 10.7 Å². The minimum atomic E-state index is 0.134. The molecule has 1 aromatic rings. The third-order valence-electron chi connectivity index (χ3n) is 3.49. The van der Waals surface area contributed by atoms with E-state index in [0.717, 1.165) is 33.2 Å². The molecule has 0 amide bonds. The topological polar surface area (TPSA) is 38.4 Å². The van der Waals surface area contributed by atoms with Crippen molar-refractivity contribution in [3.8, 4) is 0 Å². The SMILES string of the molecule is C=C(C)S/C(C(C)=NC(CC)c1ccc(C(=C)C)cc1)=C(\C)N. The fraction of sp³-hybridized carbons (Fsp3) is 0.350. The van der Waals surface area contributed by atoms with Gasteiger partial charge in [0.05, 0.1) is 10.9 Å². The quantitative estimate of drug-likeness (QED) is 0.615. The highest BCUT2D eigenvalue weighted by atomic mass is 32.2. The zero-order valence-corrected chi connectivity index (χ0v) is 15.8. The zero-order valence-electron chi connectivity index (χ0n) is 14.9. The Hall–Kier alpha value is -1.74. The van der Waals surface area contributed by atoms with Gasteiger partial charge in [0.2, 0.25) is 0 Å².